The van der Waals surface area contributed by atoms with Gasteiger partial charge < -0.3 is 43.2 Å². The van der Waals surface area contributed by atoms with Crippen molar-refractivity contribution in [3.8, 4) is 5.75 Å². The molecule has 14 heteroatoms. The number of phenols is 1. The topological polar surface area (TPSA) is 230 Å². The van der Waals surface area contributed by atoms with Crippen molar-refractivity contribution in [3.05, 3.63) is 114 Å². The summed E-state index contributed by atoms with van der Waals surface area (Å²) in [7, 11) is 1.48. The molecule has 4 atom stereocenters. The minimum atomic E-state index is -1.17. The molecule has 54 heavy (non-hydrogen) atoms. The Kier molecular flexibility index (Phi) is 14.9. The zero-order valence-corrected chi connectivity index (χ0v) is 30.4. The molecule has 0 aliphatic heterocycles. The third-order valence-corrected chi connectivity index (χ3v) is 8.70. The van der Waals surface area contributed by atoms with E-state index in [1.165, 1.54) is 26.1 Å². The largest absolute Gasteiger partial charge is 0.508 e. The van der Waals surface area contributed by atoms with E-state index < -0.39 is 53.7 Å². The molecule has 4 aromatic carbocycles. The number of nitrogens with zero attached hydrogens (tertiary/aromatic N) is 1. The summed E-state index contributed by atoms with van der Waals surface area (Å²) in [4.78, 5) is 71.0. The molecule has 0 saturated heterocycles. The molecule has 5 amide bonds. The van der Waals surface area contributed by atoms with Crippen molar-refractivity contribution < 1.29 is 29.1 Å². The molecule has 0 spiro atoms. The summed E-state index contributed by atoms with van der Waals surface area (Å²) >= 11 is 0. The van der Waals surface area contributed by atoms with E-state index in [4.69, 9.17) is 11.5 Å². The number of phenolic OH excluding ortho intramolecular Hbond substituents is 1. The second kappa shape index (κ2) is 20.0. The molecule has 4 unspecified atom stereocenters. The Morgan fingerprint density at radius 1 is 0.611 bits per heavy atom. The van der Waals surface area contributed by atoms with Gasteiger partial charge in [-0.05, 0) is 52.4 Å². The number of rotatable bonds is 18. The van der Waals surface area contributed by atoms with Crippen molar-refractivity contribution in [1.29, 1.82) is 0 Å². The van der Waals surface area contributed by atoms with Crippen LogP contribution in [0, 0.1) is 0 Å². The van der Waals surface area contributed by atoms with E-state index in [0.29, 0.717) is 12.0 Å². The van der Waals surface area contributed by atoms with E-state index in [9.17, 15) is 29.1 Å². The van der Waals surface area contributed by atoms with E-state index in [0.717, 1.165) is 21.9 Å². The van der Waals surface area contributed by atoms with Crippen LogP contribution < -0.4 is 38.1 Å². The van der Waals surface area contributed by atoms with Gasteiger partial charge in [0.1, 0.15) is 29.9 Å². The maximum Gasteiger partial charge on any atom is 0.243 e. The Bertz CT molecular complexity index is 1930. The highest BCUT2D eigenvalue weighted by Crippen LogP contribution is 2.17. The number of amides is 5. The summed E-state index contributed by atoms with van der Waals surface area (Å²) in [6.45, 7) is 1.46. The van der Waals surface area contributed by atoms with Gasteiger partial charge in [0.2, 0.25) is 29.5 Å². The fourth-order valence-electron chi connectivity index (χ4n) is 5.96. The quantitative estimate of drug-likeness (QED) is 0.0421. The van der Waals surface area contributed by atoms with Crippen LogP contribution in [0.3, 0.4) is 0 Å². The Hall–Kier alpha value is -6.44. The lowest BCUT2D eigenvalue weighted by molar-refractivity contribution is -0.134. The van der Waals surface area contributed by atoms with Gasteiger partial charge in [0, 0.05) is 39.8 Å². The molecule has 14 nitrogen and oxygen atoms in total. The summed E-state index contributed by atoms with van der Waals surface area (Å²) in [6.07, 6.45) is 0.739. The van der Waals surface area contributed by atoms with Crippen molar-refractivity contribution in [2.45, 2.75) is 63.2 Å². The van der Waals surface area contributed by atoms with E-state index >= 15 is 0 Å². The highest BCUT2D eigenvalue weighted by atomic mass is 16.3. The van der Waals surface area contributed by atoms with Crippen molar-refractivity contribution in [3.63, 3.8) is 0 Å². The third-order valence-electron chi connectivity index (χ3n) is 8.70. The first-order valence-electron chi connectivity index (χ1n) is 17.7. The van der Waals surface area contributed by atoms with Gasteiger partial charge in [0.15, 0.2) is 5.96 Å². The van der Waals surface area contributed by atoms with Crippen molar-refractivity contribution in [1.82, 2.24) is 26.6 Å². The van der Waals surface area contributed by atoms with E-state index in [-0.39, 0.29) is 43.9 Å². The van der Waals surface area contributed by atoms with Crippen molar-refractivity contribution in [2.24, 2.45) is 16.5 Å². The monoisotopic (exact) mass is 736 g/mol. The Labute approximate surface area is 314 Å². The molecule has 10 N–H and O–H groups in total. The number of carbonyl (C=O) groups excluding carboxylic acids is 5. The Balaban J connectivity index is 1.57. The number of aromatic hydroxyl groups is 1. The average Bonchev–Trinajstić information content (AvgIpc) is 3.15. The highest BCUT2D eigenvalue weighted by molar-refractivity contribution is 5.96. The molecular weight excluding hydrogens is 688 g/mol. The summed E-state index contributed by atoms with van der Waals surface area (Å²) in [6, 6.07) is 24.5. The highest BCUT2D eigenvalue weighted by Gasteiger charge is 2.31. The van der Waals surface area contributed by atoms with Crippen LogP contribution in [0.15, 0.2) is 102 Å². The third kappa shape index (κ3) is 12.7. The van der Waals surface area contributed by atoms with Crippen LogP contribution in [0.1, 0.15) is 36.5 Å². The molecule has 4 aromatic rings. The number of carbonyl (C=O) groups is 5. The average molecular weight is 737 g/mol. The normalized spacial score (nSPS) is 13.0. The number of aliphatic imine (C=N–C) groups is 1. The number of hydrogen-bond acceptors (Lipinski definition) is 7. The Morgan fingerprint density at radius 3 is 1.72 bits per heavy atom. The fourth-order valence-corrected chi connectivity index (χ4v) is 5.96. The molecule has 0 aliphatic carbocycles. The second-order valence-corrected chi connectivity index (χ2v) is 12.9. The molecule has 0 bridgehead atoms. The molecule has 0 aromatic heterocycles. The van der Waals surface area contributed by atoms with E-state index in [1.54, 1.807) is 36.4 Å². The first-order valence-corrected chi connectivity index (χ1v) is 17.7. The van der Waals surface area contributed by atoms with Crippen LogP contribution in [-0.4, -0.2) is 78.4 Å². The Morgan fingerprint density at radius 2 is 1.11 bits per heavy atom. The van der Waals surface area contributed by atoms with Gasteiger partial charge in [-0.2, -0.15) is 0 Å². The van der Waals surface area contributed by atoms with Crippen molar-refractivity contribution >= 4 is 46.3 Å². The zero-order chi connectivity index (χ0) is 39.0. The van der Waals surface area contributed by atoms with Gasteiger partial charge in [-0.15, -0.1) is 0 Å². The van der Waals surface area contributed by atoms with Crippen LogP contribution in [0.5, 0.6) is 5.75 Å². The van der Waals surface area contributed by atoms with Gasteiger partial charge in [-0.1, -0.05) is 84.9 Å². The predicted octanol–water partition coefficient (Wildman–Crippen LogP) is 1.33. The summed E-state index contributed by atoms with van der Waals surface area (Å²) in [5.41, 5.74) is 13.2. The molecule has 0 fully saturated rings. The van der Waals surface area contributed by atoms with Gasteiger partial charge in [-0.3, -0.25) is 29.0 Å². The van der Waals surface area contributed by atoms with Crippen LogP contribution in [0.4, 0.5) is 0 Å². The first kappa shape index (κ1) is 40.3. The van der Waals surface area contributed by atoms with Crippen LogP contribution in [-0.2, 0) is 43.2 Å². The summed E-state index contributed by atoms with van der Waals surface area (Å²) in [5.74, 6) is -2.85. The van der Waals surface area contributed by atoms with Crippen LogP contribution in [0.25, 0.3) is 10.8 Å². The number of nitrogens with one attached hydrogen (secondary N) is 5. The maximum atomic E-state index is 14.1. The number of likely N-dealkylation sites (N-methyl/N-ethyl adjacent to an activating group) is 1. The van der Waals surface area contributed by atoms with Crippen LogP contribution in [0.2, 0.25) is 0 Å². The molecule has 284 valence electrons. The van der Waals surface area contributed by atoms with Gasteiger partial charge >= 0.3 is 0 Å². The number of fused-ring (bicyclic) bond motifs is 1. The van der Waals surface area contributed by atoms with Gasteiger partial charge in [-0.25, -0.2) is 0 Å². The standard InChI is InChI=1S/C40H48N8O6/c1-25(49)45-34(23-27-15-18-31(50)19-16-27)38(53)48-35(22-26-9-4-3-5-10-26)39(54)46-32(13-8-20-44-40(41)42)37(52)47-33(36(51)43-2)24-28-14-17-29-11-6-7-12-30(29)21-28/h3-7,9-12,14-19,21,32-35,50H,8,13,20,22-24H2,1-2H3,(H,43,51)(H,45,49)(H,46,54)(H,47,52)(H,48,53)(H4,41,42,44). The lowest BCUT2D eigenvalue weighted by Crippen LogP contribution is -2.59. The number of hydrogen-bond donors (Lipinski definition) is 8. The first-order chi connectivity index (χ1) is 25.9. The lowest BCUT2D eigenvalue weighted by Gasteiger charge is -2.26. The molecule has 0 radical (unpaired) electrons. The fraction of sp³-hybridized carbons (Fsp3) is 0.300. The number of benzene rings is 4. The minimum Gasteiger partial charge on any atom is -0.508 e. The summed E-state index contributed by atoms with van der Waals surface area (Å²) < 4.78 is 0. The van der Waals surface area contributed by atoms with Gasteiger partial charge in [0.05, 0.1) is 0 Å². The molecule has 0 heterocycles. The van der Waals surface area contributed by atoms with Gasteiger partial charge in [0.25, 0.3) is 0 Å². The number of guanidine groups is 1. The number of nitrogens with two attached hydrogens (primary N) is 2. The smallest absolute Gasteiger partial charge is 0.243 e. The van der Waals surface area contributed by atoms with Crippen LogP contribution >= 0.6 is 0 Å². The van der Waals surface area contributed by atoms with Crippen molar-refractivity contribution in [2.75, 3.05) is 13.6 Å². The minimum absolute atomic E-state index is 0.0473. The molecule has 0 aliphatic rings. The van der Waals surface area contributed by atoms with E-state index in [2.05, 4.69) is 31.6 Å². The predicted molar refractivity (Wildman–Crippen MR) is 207 cm³/mol. The lowest BCUT2D eigenvalue weighted by atomic mass is 10.00. The molecule has 0 saturated carbocycles. The molecular formula is C40H48N8O6. The second-order valence-electron chi connectivity index (χ2n) is 12.9. The van der Waals surface area contributed by atoms with E-state index in [1.807, 2.05) is 48.5 Å². The maximum absolute atomic E-state index is 14.1. The zero-order valence-electron chi connectivity index (χ0n) is 30.4. The molecule has 4 rings (SSSR count). The summed E-state index contributed by atoms with van der Waals surface area (Å²) in [5, 5.41) is 25.4. The SMILES string of the molecule is CNC(=O)C(Cc1ccc2ccccc2c1)NC(=O)C(CCCN=C(N)N)NC(=O)C(Cc1ccccc1)NC(=O)C(Cc1ccc(O)cc1)NC(C)=O.